The van der Waals surface area contributed by atoms with E-state index in [0.717, 1.165) is 12.5 Å². The summed E-state index contributed by atoms with van der Waals surface area (Å²) in [7, 11) is -2.67. The number of nitrogens with zero attached hydrogens (tertiary/aromatic N) is 7. The maximum absolute atomic E-state index is 9.63. The molecule has 2 aromatic rings. The fourth-order valence-corrected chi connectivity index (χ4v) is 1.01. The van der Waals surface area contributed by atoms with Crippen molar-refractivity contribution in [3.8, 4) is 18.2 Å². The van der Waals surface area contributed by atoms with Gasteiger partial charge in [-0.05, 0) is 18.2 Å². The van der Waals surface area contributed by atoms with Crippen LogP contribution in [0.15, 0.2) is 37.2 Å². The topological polar surface area (TPSA) is 149 Å². The summed E-state index contributed by atoms with van der Waals surface area (Å²) >= 11 is 0. The molecule has 0 aliphatic carbocycles. The molecule has 0 saturated carbocycles. The highest BCUT2D eigenvalue weighted by Crippen LogP contribution is 2.16. The van der Waals surface area contributed by atoms with Crippen molar-refractivity contribution < 1.29 is 8.42 Å². The van der Waals surface area contributed by atoms with E-state index in [4.69, 9.17) is 22.4 Å². The first-order valence-corrected chi connectivity index (χ1v) is 8.85. The lowest BCUT2D eigenvalue weighted by Gasteiger charge is -1.91. The summed E-state index contributed by atoms with van der Waals surface area (Å²) in [5.74, 6) is 0. The number of rotatable bonds is 0. The summed E-state index contributed by atoms with van der Waals surface area (Å²) in [6, 6.07) is 9.87. The SMILES string of the molecule is CC#N.CS(C)(=O)=O.[C-]#[N+]c1cc(C#N)cc(C#N)c1.c1ncncn1. The van der Waals surface area contributed by atoms with Crippen molar-refractivity contribution in [2.75, 3.05) is 12.5 Å². The molecule has 0 atom stereocenters. The third kappa shape index (κ3) is 18.2. The van der Waals surface area contributed by atoms with Crippen LogP contribution in [0.1, 0.15) is 18.1 Å². The zero-order chi connectivity index (χ0) is 20.4. The minimum absolute atomic E-state index is 0.325. The summed E-state index contributed by atoms with van der Waals surface area (Å²) in [6.07, 6.45) is 6.63. The molecule has 0 N–H and O–H groups in total. The van der Waals surface area contributed by atoms with Gasteiger partial charge in [-0.2, -0.15) is 15.8 Å². The van der Waals surface area contributed by atoms with Crippen molar-refractivity contribution in [3.63, 3.8) is 0 Å². The molecule has 0 spiro atoms. The highest BCUT2D eigenvalue weighted by molar-refractivity contribution is 7.89. The number of hydrogen-bond acceptors (Lipinski definition) is 8. The number of sulfone groups is 1. The largest absolute Gasteiger partial charge is 0.238 e. The fraction of sp³-hybridized carbons (Fsp3) is 0.188. The van der Waals surface area contributed by atoms with E-state index in [1.807, 2.05) is 12.1 Å². The Balaban J connectivity index is 0. The number of hydrogen-bond donors (Lipinski definition) is 0. The van der Waals surface area contributed by atoms with E-state index in [0.29, 0.717) is 16.8 Å². The van der Waals surface area contributed by atoms with Gasteiger partial charge in [-0.25, -0.2) is 28.2 Å². The van der Waals surface area contributed by atoms with Crippen molar-refractivity contribution in [2.24, 2.45) is 0 Å². The Morgan fingerprint density at radius 1 is 0.923 bits per heavy atom. The number of benzene rings is 1. The predicted octanol–water partition coefficient (Wildman–Crippen LogP) is 2.04. The van der Waals surface area contributed by atoms with E-state index >= 15 is 0 Å². The smallest absolute Gasteiger partial charge is 0.189 e. The molecule has 1 aromatic heterocycles. The Kier molecular flexibility index (Phi) is 13.8. The molecule has 0 amide bonds. The zero-order valence-electron chi connectivity index (χ0n) is 14.3. The maximum Gasteiger partial charge on any atom is 0.189 e. The second-order valence-electron chi connectivity index (χ2n) is 4.26. The minimum Gasteiger partial charge on any atom is -0.238 e. The summed E-state index contributed by atoms with van der Waals surface area (Å²) in [4.78, 5) is 13.8. The molecular formula is C16H15N7O2S. The van der Waals surface area contributed by atoms with Gasteiger partial charge >= 0.3 is 0 Å². The van der Waals surface area contributed by atoms with Gasteiger partial charge in [0, 0.05) is 30.6 Å². The van der Waals surface area contributed by atoms with Crippen LogP contribution in [0.3, 0.4) is 0 Å². The van der Waals surface area contributed by atoms with Crippen LogP contribution in [-0.2, 0) is 9.84 Å². The second-order valence-corrected chi connectivity index (χ2v) is 6.55. The molecule has 0 radical (unpaired) electrons. The summed E-state index contributed by atoms with van der Waals surface area (Å²) in [5, 5.41) is 24.3. The van der Waals surface area contributed by atoms with Crippen molar-refractivity contribution in [3.05, 3.63) is 59.7 Å². The monoisotopic (exact) mass is 369 g/mol. The quantitative estimate of drug-likeness (QED) is 0.640. The Labute approximate surface area is 152 Å². The third-order valence-corrected chi connectivity index (χ3v) is 1.71. The summed E-state index contributed by atoms with van der Waals surface area (Å²) in [5.41, 5.74) is 1.02. The van der Waals surface area contributed by atoms with E-state index in [1.165, 1.54) is 44.1 Å². The lowest BCUT2D eigenvalue weighted by atomic mass is 10.1. The Bertz CT molecular complexity index is 818. The van der Waals surface area contributed by atoms with Crippen LogP contribution in [0.4, 0.5) is 5.69 Å². The highest BCUT2D eigenvalue weighted by Gasteiger charge is 1.98. The fourth-order valence-electron chi connectivity index (χ4n) is 1.01. The minimum atomic E-state index is -2.67. The van der Waals surface area contributed by atoms with Crippen molar-refractivity contribution in [2.45, 2.75) is 6.92 Å². The molecule has 0 aliphatic heterocycles. The number of aromatic nitrogens is 3. The Morgan fingerprint density at radius 3 is 1.42 bits per heavy atom. The van der Waals surface area contributed by atoms with Gasteiger partial charge in [0.05, 0.1) is 24.8 Å². The van der Waals surface area contributed by atoms with Gasteiger partial charge in [-0.1, -0.05) is 0 Å². The average molecular weight is 369 g/mol. The Morgan fingerprint density at radius 2 is 1.23 bits per heavy atom. The van der Waals surface area contributed by atoms with Crippen LogP contribution in [0.2, 0.25) is 0 Å². The van der Waals surface area contributed by atoms with Gasteiger partial charge in [0.25, 0.3) is 0 Å². The van der Waals surface area contributed by atoms with Crippen LogP contribution in [0.25, 0.3) is 4.85 Å². The van der Waals surface area contributed by atoms with Gasteiger partial charge in [-0.3, -0.25) is 0 Å². The van der Waals surface area contributed by atoms with Gasteiger partial charge < -0.3 is 0 Å². The molecule has 0 saturated heterocycles. The van der Waals surface area contributed by atoms with Crippen LogP contribution in [0, 0.1) is 40.6 Å². The second kappa shape index (κ2) is 14.7. The molecule has 2 rings (SSSR count). The van der Waals surface area contributed by atoms with Gasteiger partial charge in [0.15, 0.2) is 5.69 Å². The zero-order valence-corrected chi connectivity index (χ0v) is 15.1. The molecular weight excluding hydrogens is 354 g/mol. The van der Waals surface area contributed by atoms with E-state index < -0.39 is 9.84 Å². The molecule has 0 fully saturated rings. The Hall–Kier alpha value is -3.86. The molecule has 10 heteroatoms. The van der Waals surface area contributed by atoms with E-state index in [2.05, 4.69) is 19.8 Å². The maximum atomic E-state index is 9.63. The lowest BCUT2D eigenvalue weighted by molar-refractivity contribution is 0.607. The van der Waals surface area contributed by atoms with Gasteiger partial charge in [-0.15, -0.1) is 0 Å². The molecule has 1 heterocycles. The standard InChI is InChI=1S/C9H3N3.C3H3N3.C2H3N.C2H6O2S/c1-12-9-3-7(5-10)2-8(4-9)6-11;1-4-2-6-3-5-1;1-2-3;1-5(2,3)4/h2-4H;1-3H;1H3;1-2H3. The number of nitriles is 3. The van der Waals surface area contributed by atoms with E-state index in [-0.39, 0.29) is 0 Å². The van der Waals surface area contributed by atoms with Crippen LogP contribution >= 0.6 is 0 Å². The lowest BCUT2D eigenvalue weighted by Crippen LogP contribution is -1.86. The first kappa shape index (κ1) is 24.4. The average Bonchev–Trinajstić information content (AvgIpc) is 2.62. The van der Waals surface area contributed by atoms with E-state index in [9.17, 15) is 8.42 Å². The van der Waals surface area contributed by atoms with Crippen LogP contribution in [0.5, 0.6) is 0 Å². The third-order valence-electron chi connectivity index (χ3n) is 1.71. The summed E-state index contributed by atoms with van der Waals surface area (Å²) < 4.78 is 19.3. The first-order valence-electron chi connectivity index (χ1n) is 6.55. The van der Waals surface area contributed by atoms with Crippen LogP contribution < -0.4 is 0 Å². The van der Waals surface area contributed by atoms with Crippen molar-refractivity contribution in [1.82, 2.24) is 15.0 Å². The predicted molar refractivity (Wildman–Crippen MR) is 94.0 cm³/mol. The van der Waals surface area contributed by atoms with E-state index in [1.54, 1.807) is 6.07 Å². The highest BCUT2D eigenvalue weighted by atomic mass is 32.2. The normalized spacial score (nSPS) is 7.96. The molecule has 26 heavy (non-hydrogen) atoms. The molecule has 0 bridgehead atoms. The summed E-state index contributed by atoms with van der Waals surface area (Å²) in [6.45, 7) is 8.12. The molecule has 1 aromatic carbocycles. The van der Waals surface area contributed by atoms with Crippen molar-refractivity contribution >= 4 is 15.5 Å². The first-order chi connectivity index (χ1) is 12.2. The molecule has 0 unspecified atom stereocenters. The molecule has 0 aliphatic rings. The van der Waals surface area contributed by atoms with Gasteiger partial charge in [0.1, 0.15) is 28.8 Å². The molecule has 9 nitrogen and oxygen atoms in total. The van der Waals surface area contributed by atoms with Crippen molar-refractivity contribution in [1.29, 1.82) is 15.8 Å². The van der Waals surface area contributed by atoms with Crippen LogP contribution in [-0.4, -0.2) is 35.9 Å². The molecule has 132 valence electrons. The van der Waals surface area contributed by atoms with Gasteiger partial charge in [0.2, 0.25) is 0 Å².